The molecule has 1 aliphatic rings. The van der Waals surface area contributed by atoms with Crippen LogP contribution in [0.1, 0.15) is 12.0 Å². The summed E-state index contributed by atoms with van der Waals surface area (Å²) in [4.78, 5) is 10.9. The Morgan fingerprint density at radius 2 is 2.07 bits per heavy atom. The summed E-state index contributed by atoms with van der Waals surface area (Å²) in [6.07, 6.45) is 2.85. The van der Waals surface area contributed by atoms with E-state index in [1.165, 1.54) is 0 Å². The first kappa shape index (κ1) is 18.8. The summed E-state index contributed by atoms with van der Waals surface area (Å²) < 4.78 is 10.6. The second-order valence-electron chi connectivity index (χ2n) is 6.38. The van der Waals surface area contributed by atoms with Gasteiger partial charge in [0.15, 0.2) is 5.96 Å². The molecule has 2 aromatic rings. The van der Waals surface area contributed by atoms with Gasteiger partial charge in [-0.3, -0.25) is 4.99 Å². The van der Waals surface area contributed by atoms with Crippen LogP contribution in [0.2, 0.25) is 0 Å². The summed E-state index contributed by atoms with van der Waals surface area (Å²) >= 11 is 0. The van der Waals surface area contributed by atoms with Crippen molar-refractivity contribution in [3.05, 3.63) is 48.2 Å². The fourth-order valence-electron chi connectivity index (χ4n) is 3.20. The SMILES string of the molecule is CN=C(NCc1ccc(OC)nc1)NC1CCN(c2ccccc2OC)C1. The Labute approximate surface area is 160 Å². The first-order valence-corrected chi connectivity index (χ1v) is 9.07. The van der Waals surface area contributed by atoms with Crippen molar-refractivity contribution in [2.75, 3.05) is 39.3 Å². The number of anilines is 1. The number of nitrogens with zero attached hydrogens (tertiary/aromatic N) is 3. The van der Waals surface area contributed by atoms with Crippen LogP contribution in [0.4, 0.5) is 5.69 Å². The van der Waals surface area contributed by atoms with E-state index in [0.29, 0.717) is 18.5 Å². The highest BCUT2D eigenvalue weighted by Crippen LogP contribution is 2.30. The van der Waals surface area contributed by atoms with Crippen molar-refractivity contribution >= 4 is 11.6 Å². The van der Waals surface area contributed by atoms with Gasteiger partial charge in [-0.1, -0.05) is 18.2 Å². The van der Waals surface area contributed by atoms with Gasteiger partial charge in [0.25, 0.3) is 0 Å². The molecule has 2 heterocycles. The van der Waals surface area contributed by atoms with E-state index in [9.17, 15) is 0 Å². The molecule has 0 bridgehead atoms. The van der Waals surface area contributed by atoms with Gasteiger partial charge in [0.05, 0.1) is 19.9 Å². The van der Waals surface area contributed by atoms with Crippen molar-refractivity contribution in [2.24, 2.45) is 4.99 Å². The van der Waals surface area contributed by atoms with Gasteiger partial charge in [-0.15, -0.1) is 0 Å². The highest BCUT2D eigenvalue weighted by atomic mass is 16.5. The Balaban J connectivity index is 1.53. The topological polar surface area (TPSA) is 71.0 Å². The van der Waals surface area contributed by atoms with Gasteiger partial charge in [-0.2, -0.15) is 0 Å². The minimum Gasteiger partial charge on any atom is -0.495 e. The number of para-hydroxylation sites is 2. The molecule has 1 aliphatic heterocycles. The molecule has 27 heavy (non-hydrogen) atoms. The first-order valence-electron chi connectivity index (χ1n) is 9.07. The minimum atomic E-state index is 0.329. The molecule has 0 saturated carbocycles. The lowest BCUT2D eigenvalue weighted by molar-refractivity contribution is 0.397. The summed E-state index contributed by atoms with van der Waals surface area (Å²) in [5, 5.41) is 6.85. The van der Waals surface area contributed by atoms with Gasteiger partial charge < -0.3 is 25.0 Å². The number of aromatic nitrogens is 1. The minimum absolute atomic E-state index is 0.329. The zero-order valence-corrected chi connectivity index (χ0v) is 16.1. The molecule has 0 spiro atoms. The van der Waals surface area contributed by atoms with Gasteiger partial charge in [-0.25, -0.2) is 4.98 Å². The number of benzene rings is 1. The molecule has 0 amide bonds. The number of pyridine rings is 1. The summed E-state index contributed by atoms with van der Waals surface area (Å²) in [7, 11) is 5.11. The molecule has 2 N–H and O–H groups in total. The maximum Gasteiger partial charge on any atom is 0.212 e. The van der Waals surface area contributed by atoms with Crippen LogP contribution >= 0.6 is 0 Å². The van der Waals surface area contributed by atoms with E-state index in [4.69, 9.17) is 9.47 Å². The third-order valence-corrected chi connectivity index (χ3v) is 4.65. The van der Waals surface area contributed by atoms with E-state index < -0.39 is 0 Å². The lowest BCUT2D eigenvalue weighted by atomic mass is 10.2. The summed E-state index contributed by atoms with van der Waals surface area (Å²) in [6, 6.07) is 12.3. The number of aliphatic imine (C=N–C) groups is 1. The number of methoxy groups -OCH3 is 2. The van der Waals surface area contributed by atoms with E-state index >= 15 is 0 Å². The standard InChI is InChI=1S/C20H27N5O2/c1-21-20(23-13-15-8-9-19(27-3)22-12-15)24-16-10-11-25(14-16)17-6-4-5-7-18(17)26-2/h4-9,12,16H,10-11,13-14H2,1-3H3,(H2,21,23,24). The van der Waals surface area contributed by atoms with Crippen molar-refractivity contribution < 1.29 is 9.47 Å². The van der Waals surface area contributed by atoms with Crippen molar-refractivity contribution in [1.29, 1.82) is 0 Å². The second-order valence-corrected chi connectivity index (χ2v) is 6.38. The predicted octanol–water partition coefficient (Wildman–Crippen LogP) is 2.04. The molecule has 1 unspecified atom stereocenters. The molecule has 7 heteroatoms. The molecule has 1 aromatic carbocycles. The van der Waals surface area contributed by atoms with Crippen molar-refractivity contribution in [3.8, 4) is 11.6 Å². The number of nitrogens with one attached hydrogen (secondary N) is 2. The third kappa shape index (κ3) is 4.81. The van der Waals surface area contributed by atoms with Crippen molar-refractivity contribution in [2.45, 2.75) is 19.0 Å². The van der Waals surface area contributed by atoms with Crippen LogP contribution in [-0.4, -0.2) is 51.3 Å². The van der Waals surface area contributed by atoms with E-state index in [2.05, 4.69) is 31.6 Å². The summed E-state index contributed by atoms with van der Waals surface area (Å²) in [5.74, 6) is 2.31. The molecule has 0 aliphatic carbocycles. The third-order valence-electron chi connectivity index (χ3n) is 4.65. The quantitative estimate of drug-likeness (QED) is 0.600. The van der Waals surface area contributed by atoms with Crippen LogP contribution in [0, 0.1) is 0 Å². The highest BCUT2D eigenvalue weighted by molar-refractivity contribution is 5.80. The van der Waals surface area contributed by atoms with E-state index in [1.54, 1.807) is 27.5 Å². The van der Waals surface area contributed by atoms with Crippen LogP contribution in [0.15, 0.2) is 47.6 Å². The second kappa shape index (κ2) is 9.12. The molecule has 0 radical (unpaired) electrons. The zero-order chi connectivity index (χ0) is 19.1. The van der Waals surface area contributed by atoms with E-state index in [1.807, 2.05) is 30.3 Å². The molecule has 1 fully saturated rings. The Kier molecular flexibility index (Phi) is 6.35. The van der Waals surface area contributed by atoms with E-state index in [-0.39, 0.29) is 0 Å². The van der Waals surface area contributed by atoms with Gasteiger partial charge in [0, 0.05) is 45.0 Å². The van der Waals surface area contributed by atoms with Crippen LogP contribution in [0.25, 0.3) is 0 Å². The summed E-state index contributed by atoms with van der Waals surface area (Å²) in [5.41, 5.74) is 2.21. The van der Waals surface area contributed by atoms with Crippen LogP contribution < -0.4 is 25.0 Å². The molecule has 3 rings (SSSR count). The average Bonchev–Trinajstić information content (AvgIpc) is 3.19. The lowest BCUT2D eigenvalue weighted by Crippen LogP contribution is -2.44. The normalized spacial score (nSPS) is 16.9. The Hall–Kier alpha value is -2.96. The molecule has 1 saturated heterocycles. The van der Waals surface area contributed by atoms with Gasteiger partial charge in [0.2, 0.25) is 5.88 Å². The van der Waals surface area contributed by atoms with Gasteiger partial charge in [-0.05, 0) is 24.1 Å². The van der Waals surface area contributed by atoms with Crippen LogP contribution in [0.3, 0.4) is 0 Å². The fourth-order valence-corrected chi connectivity index (χ4v) is 3.20. The fraction of sp³-hybridized carbons (Fsp3) is 0.400. The van der Waals surface area contributed by atoms with Gasteiger partial charge in [0.1, 0.15) is 5.75 Å². The number of rotatable bonds is 6. The van der Waals surface area contributed by atoms with Crippen LogP contribution in [0.5, 0.6) is 11.6 Å². The van der Waals surface area contributed by atoms with E-state index in [0.717, 1.165) is 42.5 Å². The molecule has 1 aromatic heterocycles. The smallest absolute Gasteiger partial charge is 0.212 e. The number of hydrogen-bond donors (Lipinski definition) is 2. The zero-order valence-electron chi connectivity index (χ0n) is 16.1. The summed E-state index contributed by atoms with van der Waals surface area (Å²) in [6.45, 7) is 2.54. The maximum atomic E-state index is 5.49. The van der Waals surface area contributed by atoms with Crippen LogP contribution in [-0.2, 0) is 6.54 Å². The number of guanidine groups is 1. The molecule has 1 atom stereocenters. The Morgan fingerprint density at radius 3 is 2.78 bits per heavy atom. The number of ether oxygens (including phenoxy) is 2. The number of hydrogen-bond acceptors (Lipinski definition) is 5. The largest absolute Gasteiger partial charge is 0.495 e. The predicted molar refractivity (Wildman–Crippen MR) is 108 cm³/mol. The molecule has 7 nitrogen and oxygen atoms in total. The average molecular weight is 369 g/mol. The first-order chi connectivity index (χ1) is 13.2. The highest BCUT2D eigenvalue weighted by Gasteiger charge is 2.25. The Bertz CT molecular complexity index is 763. The molecule has 144 valence electrons. The maximum absolute atomic E-state index is 5.49. The molecular weight excluding hydrogens is 342 g/mol. The monoisotopic (exact) mass is 369 g/mol. The lowest BCUT2D eigenvalue weighted by Gasteiger charge is -2.22. The molecular formula is C20H27N5O2. The van der Waals surface area contributed by atoms with Crippen molar-refractivity contribution in [3.63, 3.8) is 0 Å². The van der Waals surface area contributed by atoms with Crippen molar-refractivity contribution in [1.82, 2.24) is 15.6 Å². The Morgan fingerprint density at radius 1 is 1.22 bits per heavy atom. The van der Waals surface area contributed by atoms with Gasteiger partial charge >= 0.3 is 0 Å².